The predicted molar refractivity (Wildman–Crippen MR) is 137 cm³/mol. The first-order valence-electron chi connectivity index (χ1n) is 11.5. The molecule has 0 aliphatic heterocycles. The standard InChI is InChI=1S/C19H22O.C3H8O.C2H6O.2C2H6/c1-15(13-17-9-5-3-6-10-17)16(2)14-19(20)18-11-7-4-8-12-18;1-3-4-2;1-3-2;2*1-2/h3-12,15-16H,13-14H2,1-2H3;3H2,1-2H3;1-2H3;2*1-2H3. The van der Waals surface area contributed by atoms with Gasteiger partial charge in [0.15, 0.2) is 5.78 Å². The van der Waals surface area contributed by atoms with Crippen LogP contribution in [0.4, 0.5) is 0 Å². The number of carbonyl (C=O) groups excluding carboxylic acids is 1. The van der Waals surface area contributed by atoms with E-state index in [1.165, 1.54) is 5.56 Å². The van der Waals surface area contributed by atoms with Crippen LogP contribution in [0.2, 0.25) is 0 Å². The van der Waals surface area contributed by atoms with Crippen molar-refractivity contribution < 1.29 is 14.3 Å². The summed E-state index contributed by atoms with van der Waals surface area (Å²) in [6.07, 6.45) is 1.65. The number of ketones is 1. The van der Waals surface area contributed by atoms with E-state index in [-0.39, 0.29) is 5.78 Å². The molecule has 0 spiro atoms. The van der Waals surface area contributed by atoms with Gasteiger partial charge in [0, 0.05) is 39.9 Å². The van der Waals surface area contributed by atoms with Crippen molar-refractivity contribution >= 4 is 5.78 Å². The van der Waals surface area contributed by atoms with Gasteiger partial charge in [-0.1, -0.05) is 102 Å². The Labute approximate surface area is 193 Å². The first-order valence-corrected chi connectivity index (χ1v) is 11.5. The third-order valence-electron chi connectivity index (χ3n) is 4.26. The number of hydrogen-bond acceptors (Lipinski definition) is 3. The number of Topliss-reactive ketones (excluding diaryl/α,β-unsaturated/α-hetero) is 1. The third kappa shape index (κ3) is 19.7. The van der Waals surface area contributed by atoms with Crippen LogP contribution in [-0.4, -0.2) is 33.7 Å². The lowest BCUT2D eigenvalue weighted by Gasteiger charge is -2.19. The van der Waals surface area contributed by atoms with Crippen molar-refractivity contribution in [2.75, 3.05) is 27.9 Å². The maximum atomic E-state index is 12.2. The average molecular weight is 433 g/mol. The van der Waals surface area contributed by atoms with E-state index in [4.69, 9.17) is 0 Å². The minimum atomic E-state index is 0.248. The molecule has 3 heteroatoms. The SMILES string of the molecule is CC.CC.CC(CC(=O)c1ccccc1)C(C)Cc1ccccc1.CCOC.COC. The van der Waals surface area contributed by atoms with Gasteiger partial charge in [0.2, 0.25) is 0 Å². The number of ether oxygens (including phenoxy) is 2. The van der Waals surface area contributed by atoms with Gasteiger partial charge in [-0.25, -0.2) is 0 Å². The zero-order chi connectivity index (χ0) is 24.5. The van der Waals surface area contributed by atoms with Crippen LogP contribution in [0.15, 0.2) is 60.7 Å². The van der Waals surface area contributed by atoms with Crippen LogP contribution in [0.25, 0.3) is 0 Å². The van der Waals surface area contributed by atoms with Gasteiger partial charge < -0.3 is 9.47 Å². The molecule has 0 N–H and O–H groups in total. The molecule has 0 saturated heterocycles. The average Bonchev–Trinajstić information content (AvgIpc) is 2.83. The Kier molecular flexibility index (Phi) is 28.3. The summed E-state index contributed by atoms with van der Waals surface area (Å²) in [5.41, 5.74) is 2.17. The molecule has 2 aromatic rings. The van der Waals surface area contributed by atoms with Crippen LogP contribution in [-0.2, 0) is 15.9 Å². The number of carbonyl (C=O) groups is 1. The van der Waals surface area contributed by atoms with Gasteiger partial charge in [-0.3, -0.25) is 4.79 Å². The molecule has 0 aliphatic rings. The van der Waals surface area contributed by atoms with Crippen molar-refractivity contribution in [2.45, 2.75) is 61.3 Å². The van der Waals surface area contributed by atoms with E-state index in [0.717, 1.165) is 18.6 Å². The monoisotopic (exact) mass is 432 g/mol. The number of hydrogen-bond donors (Lipinski definition) is 0. The summed E-state index contributed by atoms with van der Waals surface area (Å²) in [7, 11) is 4.93. The van der Waals surface area contributed by atoms with Crippen LogP contribution in [0.5, 0.6) is 0 Å². The molecule has 0 fully saturated rings. The quantitative estimate of drug-likeness (QED) is 0.420. The van der Waals surface area contributed by atoms with Crippen molar-refractivity contribution in [2.24, 2.45) is 11.8 Å². The lowest BCUT2D eigenvalue weighted by molar-refractivity contribution is 0.0951. The minimum absolute atomic E-state index is 0.248. The number of rotatable bonds is 7. The molecule has 0 aromatic heterocycles. The summed E-state index contributed by atoms with van der Waals surface area (Å²) >= 11 is 0. The maximum absolute atomic E-state index is 12.2. The molecule has 0 heterocycles. The summed E-state index contributed by atoms with van der Waals surface area (Å²) in [5.74, 6) is 1.14. The van der Waals surface area contributed by atoms with Crippen LogP contribution >= 0.6 is 0 Å². The fraction of sp³-hybridized carbons (Fsp3) is 0.536. The summed E-state index contributed by atoms with van der Waals surface area (Å²) in [6, 6.07) is 20.1. The predicted octanol–water partition coefficient (Wildman–Crippen LogP) is 7.74. The van der Waals surface area contributed by atoms with E-state index >= 15 is 0 Å². The molecule has 3 nitrogen and oxygen atoms in total. The van der Waals surface area contributed by atoms with Crippen molar-refractivity contribution in [1.29, 1.82) is 0 Å². The molecule has 0 radical (unpaired) electrons. The zero-order valence-electron chi connectivity index (χ0n) is 21.8. The maximum Gasteiger partial charge on any atom is 0.163 e. The molecule has 178 valence electrons. The van der Waals surface area contributed by atoms with Crippen LogP contribution in [0.1, 0.15) is 70.8 Å². The van der Waals surface area contributed by atoms with E-state index in [0.29, 0.717) is 18.3 Å². The lowest BCUT2D eigenvalue weighted by atomic mass is 9.85. The molecule has 0 bridgehead atoms. The summed E-state index contributed by atoms with van der Waals surface area (Å²) in [6.45, 7) is 15.2. The van der Waals surface area contributed by atoms with Crippen LogP contribution in [0, 0.1) is 11.8 Å². The second kappa shape index (κ2) is 26.1. The highest BCUT2D eigenvalue weighted by molar-refractivity contribution is 5.96. The molecule has 0 aliphatic carbocycles. The number of methoxy groups -OCH3 is 2. The summed E-state index contributed by atoms with van der Waals surface area (Å²) < 4.78 is 8.79. The fourth-order valence-electron chi connectivity index (χ4n) is 2.42. The molecule has 31 heavy (non-hydrogen) atoms. The van der Waals surface area contributed by atoms with E-state index in [2.05, 4.69) is 47.6 Å². The van der Waals surface area contributed by atoms with Gasteiger partial charge in [0.25, 0.3) is 0 Å². The highest BCUT2D eigenvalue weighted by Crippen LogP contribution is 2.21. The minimum Gasteiger partial charge on any atom is -0.388 e. The van der Waals surface area contributed by atoms with E-state index in [9.17, 15) is 4.79 Å². The topological polar surface area (TPSA) is 35.5 Å². The van der Waals surface area contributed by atoms with E-state index in [1.807, 2.05) is 71.0 Å². The van der Waals surface area contributed by atoms with Crippen molar-refractivity contribution in [1.82, 2.24) is 0 Å². The number of benzene rings is 2. The van der Waals surface area contributed by atoms with Gasteiger partial charge in [0.1, 0.15) is 0 Å². The van der Waals surface area contributed by atoms with Crippen molar-refractivity contribution in [3.8, 4) is 0 Å². The Morgan fingerprint density at radius 2 is 1.16 bits per heavy atom. The van der Waals surface area contributed by atoms with Crippen molar-refractivity contribution in [3.05, 3.63) is 71.8 Å². The summed E-state index contributed by atoms with van der Waals surface area (Å²) in [4.78, 5) is 12.2. The Hall–Kier alpha value is -1.97. The van der Waals surface area contributed by atoms with Gasteiger partial charge in [-0.05, 0) is 30.7 Å². The highest BCUT2D eigenvalue weighted by Gasteiger charge is 2.17. The molecule has 0 amide bonds. The zero-order valence-corrected chi connectivity index (χ0v) is 21.8. The first-order chi connectivity index (χ1) is 15.0. The second-order valence-electron chi connectivity index (χ2n) is 6.62. The Morgan fingerprint density at radius 1 is 0.774 bits per heavy atom. The van der Waals surface area contributed by atoms with Gasteiger partial charge in [0.05, 0.1) is 0 Å². The van der Waals surface area contributed by atoms with Gasteiger partial charge >= 0.3 is 0 Å². The molecule has 2 rings (SSSR count). The van der Waals surface area contributed by atoms with E-state index in [1.54, 1.807) is 21.3 Å². The summed E-state index contributed by atoms with van der Waals surface area (Å²) in [5, 5.41) is 0. The largest absolute Gasteiger partial charge is 0.388 e. The third-order valence-corrected chi connectivity index (χ3v) is 4.26. The normalized spacial score (nSPS) is 10.8. The van der Waals surface area contributed by atoms with E-state index < -0.39 is 0 Å². The first kappa shape index (κ1) is 33.7. The fourth-order valence-corrected chi connectivity index (χ4v) is 2.42. The van der Waals surface area contributed by atoms with Crippen LogP contribution in [0.3, 0.4) is 0 Å². The molecular formula is C28H48O3. The molecule has 2 unspecified atom stereocenters. The molecular weight excluding hydrogens is 384 g/mol. The molecule has 2 aromatic carbocycles. The van der Waals surface area contributed by atoms with Gasteiger partial charge in [-0.15, -0.1) is 0 Å². The second-order valence-corrected chi connectivity index (χ2v) is 6.62. The Bertz CT molecular complexity index is 580. The van der Waals surface area contributed by atoms with Crippen LogP contribution < -0.4 is 0 Å². The van der Waals surface area contributed by atoms with Crippen molar-refractivity contribution in [3.63, 3.8) is 0 Å². The van der Waals surface area contributed by atoms with Gasteiger partial charge in [-0.2, -0.15) is 0 Å². The Balaban J connectivity index is -0.000000605. The molecule has 2 atom stereocenters. The smallest absolute Gasteiger partial charge is 0.163 e. The lowest BCUT2D eigenvalue weighted by Crippen LogP contribution is -2.15. The molecule has 0 saturated carbocycles. The Morgan fingerprint density at radius 3 is 1.55 bits per heavy atom. The highest BCUT2D eigenvalue weighted by atomic mass is 16.5.